The van der Waals surface area contributed by atoms with E-state index < -0.39 is 0 Å². The van der Waals surface area contributed by atoms with Crippen LogP contribution in [0.4, 0.5) is 0 Å². The number of rotatable bonds is 8. The van der Waals surface area contributed by atoms with Gasteiger partial charge < -0.3 is 4.74 Å². The molecular weight excluding hydrogens is 240 g/mol. The topological polar surface area (TPSA) is 9.23 Å². The van der Waals surface area contributed by atoms with Gasteiger partial charge >= 0.3 is 0 Å². The standard InChI is InChI=1S/C16H26OS/c1-13(2)18-12-7-5-6-11-17-16-14(3)9-8-10-15(16)4/h8-10,13H,5-7,11-12H2,1-4H3. The van der Waals surface area contributed by atoms with Gasteiger partial charge in [-0.2, -0.15) is 11.8 Å². The number of hydrogen-bond donors (Lipinski definition) is 0. The zero-order valence-electron chi connectivity index (χ0n) is 12.2. The fraction of sp³-hybridized carbons (Fsp3) is 0.625. The van der Waals surface area contributed by atoms with Gasteiger partial charge in [-0.1, -0.05) is 32.0 Å². The third-order valence-electron chi connectivity index (χ3n) is 2.90. The average molecular weight is 266 g/mol. The molecule has 102 valence electrons. The Morgan fingerprint density at radius 3 is 2.33 bits per heavy atom. The number of hydrogen-bond acceptors (Lipinski definition) is 2. The fourth-order valence-electron chi connectivity index (χ4n) is 1.90. The highest BCUT2D eigenvalue weighted by molar-refractivity contribution is 7.99. The Kier molecular flexibility index (Phi) is 7.26. The second-order valence-electron chi connectivity index (χ2n) is 5.05. The fourth-order valence-corrected chi connectivity index (χ4v) is 2.74. The molecule has 2 heteroatoms. The molecule has 0 atom stereocenters. The molecule has 0 saturated carbocycles. The Hall–Kier alpha value is -0.630. The van der Waals surface area contributed by atoms with Gasteiger partial charge in [-0.05, 0) is 55.2 Å². The van der Waals surface area contributed by atoms with E-state index in [9.17, 15) is 0 Å². The smallest absolute Gasteiger partial charge is 0.125 e. The van der Waals surface area contributed by atoms with Crippen molar-refractivity contribution in [3.8, 4) is 5.75 Å². The van der Waals surface area contributed by atoms with Crippen molar-refractivity contribution >= 4 is 11.8 Å². The maximum absolute atomic E-state index is 5.89. The second kappa shape index (κ2) is 8.47. The van der Waals surface area contributed by atoms with Gasteiger partial charge in [0.05, 0.1) is 6.61 Å². The van der Waals surface area contributed by atoms with Gasteiger partial charge in [0.2, 0.25) is 0 Å². The van der Waals surface area contributed by atoms with Crippen molar-refractivity contribution < 1.29 is 4.74 Å². The van der Waals surface area contributed by atoms with E-state index >= 15 is 0 Å². The molecule has 0 heterocycles. The minimum atomic E-state index is 0.760. The summed E-state index contributed by atoms with van der Waals surface area (Å²) >= 11 is 2.05. The molecule has 1 aromatic carbocycles. The molecule has 0 spiro atoms. The van der Waals surface area contributed by atoms with Gasteiger partial charge in [0.15, 0.2) is 0 Å². The molecule has 0 aromatic heterocycles. The van der Waals surface area contributed by atoms with Crippen LogP contribution >= 0.6 is 11.8 Å². The summed E-state index contributed by atoms with van der Waals surface area (Å²) in [5.41, 5.74) is 2.48. The van der Waals surface area contributed by atoms with E-state index in [0.717, 1.165) is 24.0 Å². The minimum Gasteiger partial charge on any atom is -0.493 e. The predicted octanol–water partition coefficient (Wildman–Crippen LogP) is 4.99. The van der Waals surface area contributed by atoms with Crippen LogP contribution in [0.3, 0.4) is 0 Å². The van der Waals surface area contributed by atoms with Crippen LogP contribution in [0.25, 0.3) is 0 Å². The molecule has 0 N–H and O–H groups in total. The number of unbranched alkanes of at least 4 members (excludes halogenated alkanes) is 2. The van der Waals surface area contributed by atoms with E-state index in [1.54, 1.807) is 0 Å². The van der Waals surface area contributed by atoms with Crippen LogP contribution in [-0.4, -0.2) is 17.6 Å². The van der Waals surface area contributed by atoms with Gasteiger partial charge in [-0.25, -0.2) is 0 Å². The van der Waals surface area contributed by atoms with Gasteiger partial charge in [-0.3, -0.25) is 0 Å². The maximum atomic E-state index is 5.89. The van der Waals surface area contributed by atoms with Gasteiger partial charge in [0, 0.05) is 0 Å². The van der Waals surface area contributed by atoms with E-state index in [4.69, 9.17) is 4.74 Å². The lowest BCUT2D eigenvalue weighted by molar-refractivity contribution is 0.302. The molecule has 0 radical (unpaired) electrons. The molecule has 0 bridgehead atoms. The van der Waals surface area contributed by atoms with Crippen LogP contribution in [0.2, 0.25) is 0 Å². The molecule has 0 amide bonds. The molecule has 1 aromatic rings. The number of thioether (sulfide) groups is 1. The van der Waals surface area contributed by atoms with Crippen LogP contribution in [-0.2, 0) is 0 Å². The molecule has 1 nitrogen and oxygen atoms in total. The number of ether oxygens (including phenoxy) is 1. The molecule has 0 aliphatic carbocycles. The zero-order valence-corrected chi connectivity index (χ0v) is 13.0. The summed E-state index contributed by atoms with van der Waals surface area (Å²) in [5, 5.41) is 0.760. The van der Waals surface area contributed by atoms with Gasteiger partial charge in [0.25, 0.3) is 0 Å². The summed E-state index contributed by atoms with van der Waals surface area (Å²) in [4.78, 5) is 0. The lowest BCUT2D eigenvalue weighted by atomic mass is 10.1. The zero-order chi connectivity index (χ0) is 13.4. The molecule has 0 unspecified atom stereocenters. The molecule has 0 aliphatic rings. The summed E-state index contributed by atoms with van der Waals surface area (Å²) in [6.07, 6.45) is 3.73. The minimum absolute atomic E-state index is 0.760. The highest BCUT2D eigenvalue weighted by atomic mass is 32.2. The van der Waals surface area contributed by atoms with Crippen LogP contribution in [0.1, 0.15) is 44.2 Å². The largest absolute Gasteiger partial charge is 0.493 e. The first-order chi connectivity index (χ1) is 8.61. The number of aryl methyl sites for hydroxylation is 2. The quantitative estimate of drug-likeness (QED) is 0.613. The molecule has 18 heavy (non-hydrogen) atoms. The van der Waals surface area contributed by atoms with Crippen LogP contribution < -0.4 is 4.74 Å². The van der Waals surface area contributed by atoms with Crippen LogP contribution in [0.15, 0.2) is 18.2 Å². The number of para-hydroxylation sites is 1. The van der Waals surface area contributed by atoms with Gasteiger partial charge in [-0.15, -0.1) is 0 Å². The first-order valence-corrected chi connectivity index (χ1v) is 7.96. The Labute approximate surface area is 116 Å². The molecular formula is C16H26OS. The van der Waals surface area contributed by atoms with Crippen molar-refractivity contribution in [1.82, 2.24) is 0 Å². The van der Waals surface area contributed by atoms with E-state index in [0.29, 0.717) is 0 Å². The summed E-state index contributed by atoms with van der Waals surface area (Å²) < 4.78 is 5.89. The Bertz CT molecular complexity index is 327. The normalized spacial score (nSPS) is 10.9. The third kappa shape index (κ3) is 5.81. The lowest BCUT2D eigenvalue weighted by Gasteiger charge is -2.11. The van der Waals surface area contributed by atoms with Crippen molar-refractivity contribution in [3.63, 3.8) is 0 Å². The van der Waals surface area contributed by atoms with Gasteiger partial charge in [0.1, 0.15) is 5.75 Å². The van der Waals surface area contributed by atoms with Crippen molar-refractivity contribution in [2.24, 2.45) is 0 Å². The Balaban J connectivity index is 2.14. The van der Waals surface area contributed by atoms with Crippen molar-refractivity contribution in [2.75, 3.05) is 12.4 Å². The SMILES string of the molecule is Cc1cccc(C)c1OCCCCCSC(C)C. The average Bonchev–Trinajstić information content (AvgIpc) is 2.30. The highest BCUT2D eigenvalue weighted by Crippen LogP contribution is 2.22. The van der Waals surface area contributed by atoms with Crippen molar-refractivity contribution in [1.29, 1.82) is 0 Å². The third-order valence-corrected chi connectivity index (χ3v) is 4.09. The summed E-state index contributed by atoms with van der Waals surface area (Å²) in [6.45, 7) is 9.59. The van der Waals surface area contributed by atoms with Crippen LogP contribution in [0.5, 0.6) is 5.75 Å². The number of benzene rings is 1. The second-order valence-corrected chi connectivity index (χ2v) is 6.73. The predicted molar refractivity (Wildman–Crippen MR) is 82.9 cm³/mol. The van der Waals surface area contributed by atoms with Crippen LogP contribution in [0, 0.1) is 13.8 Å². The molecule has 0 saturated heterocycles. The van der Waals surface area contributed by atoms with Crippen molar-refractivity contribution in [3.05, 3.63) is 29.3 Å². The van der Waals surface area contributed by atoms with E-state index in [1.165, 1.54) is 29.7 Å². The molecule has 1 rings (SSSR count). The summed E-state index contributed by atoms with van der Waals surface area (Å²) in [7, 11) is 0. The van der Waals surface area contributed by atoms with E-state index in [2.05, 4.69) is 45.9 Å². The molecule has 0 fully saturated rings. The Morgan fingerprint density at radius 2 is 1.72 bits per heavy atom. The summed E-state index contributed by atoms with van der Waals surface area (Å²) in [6, 6.07) is 6.31. The highest BCUT2D eigenvalue weighted by Gasteiger charge is 2.02. The van der Waals surface area contributed by atoms with Crippen molar-refractivity contribution in [2.45, 2.75) is 52.2 Å². The maximum Gasteiger partial charge on any atom is 0.125 e. The first kappa shape index (κ1) is 15.4. The summed E-state index contributed by atoms with van der Waals surface area (Å²) in [5.74, 6) is 2.36. The van der Waals surface area contributed by atoms with E-state index in [-0.39, 0.29) is 0 Å². The molecule has 0 aliphatic heterocycles. The van der Waals surface area contributed by atoms with E-state index in [1.807, 2.05) is 11.8 Å². The lowest BCUT2D eigenvalue weighted by Crippen LogP contribution is -2.01. The monoisotopic (exact) mass is 266 g/mol. The first-order valence-electron chi connectivity index (χ1n) is 6.92. The Morgan fingerprint density at radius 1 is 1.06 bits per heavy atom.